The molecule has 1 spiro atoms. The fourth-order valence-corrected chi connectivity index (χ4v) is 3.79. The van der Waals surface area contributed by atoms with E-state index < -0.39 is 0 Å². The maximum atomic E-state index is 6.01. The Labute approximate surface area is 157 Å². The second-order valence-corrected chi connectivity index (χ2v) is 8.01. The van der Waals surface area contributed by atoms with E-state index in [1.807, 2.05) is 13.1 Å². The second-order valence-electron chi connectivity index (χ2n) is 8.01. The highest BCUT2D eigenvalue weighted by Crippen LogP contribution is 2.38. The van der Waals surface area contributed by atoms with Crippen molar-refractivity contribution in [2.75, 3.05) is 40.0 Å². The molecule has 5 nitrogen and oxygen atoms in total. The lowest BCUT2D eigenvalue weighted by molar-refractivity contribution is 0.156. The zero-order chi connectivity index (χ0) is 18.4. The third-order valence-electron chi connectivity index (χ3n) is 5.50. The molecule has 2 heterocycles. The van der Waals surface area contributed by atoms with Crippen LogP contribution in [-0.4, -0.2) is 50.8 Å². The largest absolute Gasteiger partial charge is 0.493 e. The number of rotatable bonds is 6. The molecule has 2 aliphatic rings. The molecule has 0 radical (unpaired) electrons. The van der Waals surface area contributed by atoms with Crippen molar-refractivity contribution in [2.24, 2.45) is 16.3 Å². The van der Waals surface area contributed by atoms with E-state index in [-0.39, 0.29) is 0 Å². The molecule has 1 aromatic carbocycles. The molecule has 0 bridgehead atoms. The van der Waals surface area contributed by atoms with Crippen molar-refractivity contribution >= 4 is 5.96 Å². The number of hydrogen-bond donors (Lipinski definition) is 1. The summed E-state index contributed by atoms with van der Waals surface area (Å²) in [6.45, 7) is 9.82. The topological polar surface area (TPSA) is 46.1 Å². The molecule has 3 rings (SSSR count). The Hall–Kier alpha value is -1.75. The van der Waals surface area contributed by atoms with Crippen molar-refractivity contribution in [1.82, 2.24) is 10.2 Å². The monoisotopic (exact) mass is 359 g/mol. The average molecular weight is 360 g/mol. The molecule has 0 aromatic heterocycles. The van der Waals surface area contributed by atoms with Crippen LogP contribution in [0.4, 0.5) is 0 Å². The summed E-state index contributed by atoms with van der Waals surface area (Å²) in [5, 5.41) is 3.53. The summed E-state index contributed by atoms with van der Waals surface area (Å²) < 4.78 is 11.6. The standard InChI is InChI=1S/C21H33N3O2/c1-17(2)8-12-26-19-7-5-4-6-18(19)14-23-20(22-3)24-11-9-21(15-24)10-13-25-16-21/h4-7,17H,8-16H2,1-3H3,(H,22,23). The maximum absolute atomic E-state index is 6.01. The predicted molar refractivity (Wildman–Crippen MR) is 106 cm³/mol. The van der Waals surface area contributed by atoms with Gasteiger partial charge in [-0.2, -0.15) is 0 Å². The normalized spacial score (nSPS) is 23.2. The van der Waals surface area contributed by atoms with Crippen LogP contribution in [0.3, 0.4) is 0 Å². The Morgan fingerprint density at radius 2 is 2.19 bits per heavy atom. The molecule has 26 heavy (non-hydrogen) atoms. The number of ether oxygens (including phenoxy) is 2. The Kier molecular flexibility index (Phi) is 6.41. The number of hydrogen-bond acceptors (Lipinski definition) is 3. The quantitative estimate of drug-likeness (QED) is 0.625. The van der Waals surface area contributed by atoms with Gasteiger partial charge in [-0.25, -0.2) is 0 Å². The van der Waals surface area contributed by atoms with Crippen LogP contribution in [0.15, 0.2) is 29.3 Å². The zero-order valence-corrected chi connectivity index (χ0v) is 16.5. The zero-order valence-electron chi connectivity index (χ0n) is 16.5. The third kappa shape index (κ3) is 4.70. The first-order valence-corrected chi connectivity index (χ1v) is 9.86. The molecule has 2 saturated heterocycles. The van der Waals surface area contributed by atoms with E-state index in [1.54, 1.807) is 0 Å². The van der Waals surface area contributed by atoms with Crippen LogP contribution in [0.5, 0.6) is 5.75 Å². The summed E-state index contributed by atoms with van der Waals surface area (Å²) in [5.41, 5.74) is 1.52. The smallest absolute Gasteiger partial charge is 0.193 e. The summed E-state index contributed by atoms with van der Waals surface area (Å²) in [4.78, 5) is 6.88. The molecule has 2 fully saturated rings. The molecular weight excluding hydrogens is 326 g/mol. The summed E-state index contributed by atoms with van der Waals surface area (Å²) in [7, 11) is 1.86. The van der Waals surface area contributed by atoms with Crippen molar-refractivity contribution in [3.8, 4) is 5.75 Å². The van der Waals surface area contributed by atoms with Gasteiger partial charge >= 0.3 is 0 Å². The predicted octanol–water partition coefficient (Wildman–Crippen LogP) is 3.30. The van der Waals surface area contributed by atoms with Crippen molar-refractivity contribution in [3.63, 3.8) is 0 Å². The minimum Gasteiger partial charge on any atom is -0.493 e. The molecule has 1 N–H and O–H groups in total. The Morgan fingerprint density at radius 1 is 1.35 bits per heavy atom. The van der Waals surface area contributed by atoms with Gasteiger partial charge in [0.2, 0.25) is 0 Å². The average Bonchev–Trinajstić information content (AvgIpc) is 3.27. The van der Waals surface area contributed by atoms with Crippen molar-refractivity contribution in [2.45, 2.75) is 39.7 Å². The second kappa shape index (κ2) is 8.76. The van der Waals surface area contributed by atoms with Gasteiger partial charge < -0.3 is 19.7 Å². The van der Waals surface area contributed by atoms with Crippen molar-refractivity contribution in [1.29, 1.82) is 0 Å². The van der Waals surface area contributed by atoms with Crippen LogP contribution in [0.2, 0.25) is 0 Å². The van der Waals surface area contributed by atoms with Gasteiger partial charge in [-0.15, -0.1) is 0 Å². The van der Waals surface area contributed by atoms with Gasteiger partial charge in [0.25, 0.3) is 0 Å². The van der Waals surface area contributed by atoms with Gasteiger partial charge in [0.15, 0.2) is 5.96 Å². The number of nitrogens with one attached hydrogen (secondary N) is 1. The molecule has 5 heteroatoms. The van der Waals surface area contributed by atoms with E-state index in [9.17, 15) is 0 Å². The van der Waals surface area contributed by atoms with E-state index in [0.29, 0.717) is 11.3 Å². The molecule has 1 aromatic rings. The first kappa shape index (κ1) is 19.0. The van der Waals surface area contributed by atoms with Crippen molar-refractivity contribution in [3.05, 3.63) is 29.8 Å². The lowest BCUT2D eigenvalue weighted by Gasteiger charge is -2.25. The number of likely N-dealkylation sites (tertiary alicyclic amines) is 1. The summed E-state index contributed by atoms with van der Waals surface area (Å²) in [6, 6.07) is 8.28. The number of aliphatic imine (C=N–C) groups is 1. The molecule has 0 amide bonds. The molecule has 2 aliphatic heterocycles. The van der Waals surface area contributed by atoms with Crippen LogP contribution in [0.1, 0.15) is 38.7 Å². The molecule has 0 aliphatic carbocycles. The lowest BCUT2D eigenvalue weighted by Crippen LogP contribution is -2.41. The van der Waals surface area contributed by atoms with E-state index >= 15 is 0 Å². The van der Waals surface area contributed by atoms with Crippen LogP contribution in [0.25, 0.3) is 0 Å². The van der Waals surface area contributed by atoms with E-state index in [4.69, 9.17) is 9.47 Å². The van der Waals surface area contributed by atoms with Gasteiger partial charge in [0, 0.05) is 44.3 Å². The van der Waals surface area contributed by atoms with Crippen LogP contribution < -0.4 is 10.1 Å². The Balaban J connectivity index is 1.56. The highest BCUT2D eigenvalue weighted by molar-refractivity contribution is 5.80. The minimum absolute atomic E-state index is 0.343. The van der Waals surface area contributed by atoms with Crippen LogP contribution in [-0.2, 0) is 11.3 Å². The van der Waals surface area contributed by atoms with Gasteiger partial charge in [0.1, 0.15) is 5.75 Å². The van der Waals surface area contributed by atoms with E-state index in [2.05, 4.69) is 47.3 Å². The summed E-state index contributed by atoms with van der Waals surface area (Å²) in [6.07, 6.45) is 3.44. The van der Waals surface area contributed by atoms with Gasteiger partial charge in [0.05, 0.1) is 13.2 Å². The molecule has 144 valence electrons. The minimum atomic E-state index is 0.343. The van der Waals surface area contributed by atoms with E-state index in [1.165, 1.54) is 18.4 Å². The maximum Gasteiger partial charge on any atom is 0.193 e. The third-order valence-corrected chi connectivity index (χ3v) is 5.50. The van der Waals surface area contributed by atoms with Crippen molar-refractivity contribution < 1.29 is 9.47 Å². The fourth-order valence-electron chi connectivity index (χ4n) is 3.79. The molecule has 1 atom stereocenters. The Bertz CT molecular complexity index is 609. The Morgan fingerprint density at radius 3 is 2.92 bits per heavy atom. The number of benzene rings is 1. The molecular formula is C21H33N3O2. The highest BCUT2D eigenvalue weighted by atomic mass is 16.5. The summed E-state index contributed by atoms with van der Waals surface area (Å²) in [5.74, 6) is 2.60. The first-order valence-electron chi connectivity index (χ1n) is 9.86. The van der Waals surface area contributed by atoms with Gasteiger partial charge in [-0.1, -0.05) is 32.0 Å². The molecule has 0 saturated carbocycles. The number of guanidine groups is 1. The summed E-state index contributed by atoms with van der Waals surface area (Å²) >= 11 is 0. The fraction of sp³-hybridized carbons (Fsp3) is 0.667. The first-order chi connectivity index (χ1) is 12.6. The van der Waals surface area contributed by atoms with Gasteiger partial charge in [-0.05, 0) is 31.2 Å². The van der Waals surface area contributed by atoms with Crippen LogP contribution >= 0.6 is 0 Å². The van der Waals surface area contributed by atoms with E-state index in [0.717, 1.165) is 57.6 Å². The lowest BCUT2D eigenvalue weighted by atomic mass is 9.87. The number of nitrogens with zero attached hydrogens (tertiary/aromatic N) is 2. The van der Waals surface area contributed by atoms with Crippen LogP contribution in [0, 0.1) is 11.3 Å². The SMILES string of the molecule is CN=C(NCc1ccccc1OCCC(C)C)N1CCC2(CCOC2)C1. The van der Waals surface area contributed by atoms with Gasteiger partial charge in [-0.3, -0.25) is 4.99 Å². The highest BCUT2D eigenvalue weighted by Gasteiger charge is 2.42. The number of para-hydroxylation sites is 1. The molecule has 1 unspecified atom stereocenters.